The third-order valence-electron chi connectivity index (χ3n) is 7.93. The number of carbonyl (C=O) groups excluding carboxylic acids is 2. The lowest BCUT2D eigenvalue weighted by atomic mass is 9.84. The van der Waals surface area contributed by atoms with E-state index in [1.807, 2.05) is 30.3 Å². The molecule has 1 heterocycles. The van der Waals surface area contributed by atoms with Gasteiger partial charge in [0.1, 0.15) is 12.1 Å². The van der Waals surface area contributed by atoms with Crippen LogP contribution in [0, 0.1) is 5.92 Å². The molecule has 0 spiro atoms. The largest absolute Gasteiger partial charge is 0.480 e. The maximum atomic E-state index is 14.1. The van der Waals surface area contributed by atoms with Gasteiger partial charge in [-0.1, -0.05) is 43.2 Å². The van der Waals surface area contributed by atoms with Crippen LogP contribution in [0.5, 0.6) is 0 Å². The lowest BCUT2D eigenvalue weighted by Crippen LogP contribution is -2.57. The third-order valence-corrected chi connectivity index (χ3v) is 7.93. The van der Waals surface area contributed by atoms with Crippen LogP contribution in [0.4, 0.5) is 4.79 Å². The molecule has 0 bridgehead atoms. The maximum absolute atomic E-state index is 14.1. The fourth-order valence-electron chi connectivity index (χ4n) is 6.01. The van der Waals surface area contributed by atoms with Crippen molar-refractivity contribution in [3.8, 4) is 0 Å². The van der Waals surface area contributed by atoms with Crippen molar-refractivity contribution in [1.29, 1.82) is 0 Å². The maximum Gasteiger partial charge on any atom is 0.326 e. The Kier molecular flexibility index (Phi) is 10.3. The molecule has 37 heavy (non-hydrogen) atoms. The van der Waals surface area contributed by atoms with Gasteiger partial charge in [0.15, 0.2) is 0 Å². The van der Waals surface area contributed by atoms with Crippen molar-refractivity contribution in [2.45, 2.75) is 88.4 Å². The van der Waals surface area contributed by atoms with Crippen molar-refractivity contribution in [2.24, 2.45) is 11.7 Å². The van der Waals surface area contributed by atoms with Gasteiger partial charge in [-0.3, -0.25) is 14.5 Å². The highest BCUT2D eigenvalue weighted by Crippen LogP contribution is 2.40. The van der Waals surface area contributed by atoms with Crippen molar-refractivity contribution >= 4 is 23.9 Å². The molecule has 2 fully saturated rings. The van der Waals surface area contributed by atoms with Gasteiger partial charge in [0, 0.05) is 12.6 Å². The number of rotatable bonds is 13. The Labute approximate surface area is 218 Å². The molecule has 10 nitrogen and oxygen atoms in total. The van der Waals surface area contributed by atoms with Crippen molar-refractivity contribution in [2.75, 3.05) is 13.6 Å². The summed E-state index contributed by atoms with van der Waals surface area (Å²) in [5, 5.41) is 22.6. The molecule has 5 atom stereocenters. The number of likely N-dealkylation sites (tertiary alicyclic amines) is 1. The number of aryl methyl sites for hydroxylation is 1. The normalized spacial score (nSPS) is 22.8. The minimum atomic E-state index is -1.02. The molecule has 10 heteroatoms. The number of fused-ring (bicyclic) bond motifs is 1. The summed E-state index contributed by atoms with van der Waals surface area (Å²) in [5.74, 6) is -2.16. The van der Waals surface area contributed by atoms with Gasteiger partial charge >= 0.3 is 18.0 Å². The lowest BCUT2D eigenvalue weighted by Gasteiger charge is -2.39. The van der Waals surface area contributed by atoms with Crippen molar-refractivity contribution in [1.82, 2.24) is 15.1 Å². The first kappa shape index (κ1) is 28.4. The SMILES string of the molecule is CN([C@@H](CCc1ccccc1)C(=O)O)[C@@H](CCCCNC(N)=O)C(=O)N1C(C(=O)O)CC2CCCCC21. The smallest absolute Gasteiger partial charge is 0.326 e. The number of likely N-dealkylation sites (N-methyl/N-ethyl adjacent to an activating group) is 1. The Hall–Kier alpha value is -3.14. The second kappa shape index (κ2) is 13.4. The Morgan fingerprint density at radius 3 is 2.41 bits per heavy atom. The molecule has 1 saturated heterocycles. The molecular formula is C27H40N4O6. The van der Waals surface area contributed by atoms with E-state index in [0.717, 1.165) is 31.2 Å². The second-order valence-electron chi connectivity index (χ2n) is 10.3. The van der Waals surface area contributed by atoms with E-state index in [1.165, 1.54) is 0 Å². The third kappa shape index (κ3) is 7.44. The summed E-state index contributed by atoms with van der Waals surface area (Å²) in [7, 11) is 1.65. The summed E-state index contributed by atoms with van der Waals surface area (Å²) >= 11 is 0. The van der Waals surface area contributed by atoms with E-state index in [1.54, 1.807) is 16.8 Å². The standard InChI is InChI=1S/C27H40N4O6/c1-30(22(25(33)34)15-14-18-9-3-2-4-10-18)21(13-7-8-16-29-27(28)37)24(32)31-20-12-6-5-11-19(20)17-23(31)26(35)36/h2-4,9-10,19-23H,5-8,11-17H2,1H3,(H,33,34)(H,35,36)(H3,28,29,37)/t19?,20?,21-,22-,23?/m0/s1. The van der Waals surface area contributed by atoms with E-state index in [9.17, 15) is 29.4 Å². The van der Waals surface area contributed by atoms with Crippen LogP contribution in [0.25, 0.3) is 0 Å². The van der Waals surface area contributed by atoms with Gasteiger partial charge in [-0.15, -0.1) is 0 Å². The number of nitrogens with zero attached hydrogens (tertiary/aromatic N) is 2. The highest BCUT2D eigenvalue weighted by Gasteiger charge is 2.49. The molecule has 2 aliphatic rings. The Balaban J connectivity index is 1.81. The number of primary amides is 1. The molecule has 1 aromatic carbocycles. The highest BCUT2D eigenvalue weighted by atomic mass is 16.4. The van der Waals surface area contributed by atoms with Crippen molar-refractivity contribution in [3.05, 3.63) is 35.9 Å². The molecule has 0 aromatic heterocycles. The van der Waals surface area contributed by atoms with Crippen LogP contribution >= 0.6 is 0 Å². The Morgan fingerprint density at radius 1 is 1.05 bits per heavy atom. The first-order valence-corrected chi connectivity index (χ1v) is 13.3. The van der Waals surface area contributed by atoms with Gasteiger partial charge < -0.3 is 26.2 Å². The van der Waals surface area contributed by atoms with E-state index >= 15 is 0 Å². The van der Waals surface area contributed by atoms with Gasteiger partial charge in [-0.25, -0.2) is 9.59 Å². The monoisotopic (exact) mass is 516 g/mol. The van der Waals surface area contributed by atoms with E-state index in [2.05, 4.69) is 5.32 Å². The van der Waals surface area contributed by atoms with Crippen LogP contribution < -0.4 is 11.1 Å². The summed E-state index contributed by atoms with van der Waals surface area (Å²) in [6.45, 7) is 0.350. The summed E-state index contributed by atoms with van der Waals surface area (Å²) in [4.78, 5) is 52.7. The van der Waals surface area contributed by atoms with Gasteiger partial charge in [-0.2, -0.15) is 0 Å². The average Bonchev–Trinajstić information content (AvgIpc) is 3.26. The summed E-state index contributed by atoms with van der Waals surface area (Å²) in [6.07, 6.45) is 6.43. The first-order valence-electron chi connectivity index (χ1n) is 13.3. The van der Waals surface area contributed by atoms with Gasteiger partial charge in [-0.05, 0) is 69.9 Å². The van der Waals surface area contributed by atoms with Crippen LogP contribution in [-0.2, 0) is 20.8 Å². The van der Waals surface area contributed by atoms with Crippen molar-refractivity contribution < 1.29 is 29.4 Å². The van der Waals surface area contributed by atoms with Crippen LogP contribution in [0.1, 0.15) is 63.4 Å². The van der Waals surface area contributed by atoms with E-state index in [0.29, 0.717) is 45.1 Å². The van der Waals surface area contributed by atoms with E-state index < -0.39 is 36.1 Å². The number of carboxylic acids is 2. The molecule has 0 radical (unpaired) electrons. The molecule has 1 saturated carbocycles. The molecule has 3 unspecified atom stereocenters. The number of amides is 3. The zero-order valence-electron chi connectivity index (χ0n) is 21.6. The average molecular weight is 517 g/mol. The van der Waals surface area contributed by atoms with Gasteiger partial charge in [0.2, 0.25) is 5.91 Å². The highest BCUT2D eigenvalue weighted by molar-refractivity contribution is 5.88. The van der Waals surface area contributed by atoms with Crippen LogP contribution in [0.15, 0.2) is 30.3 Å². The minimum absolute atomic E-state index is 0.123. The summed E-state index contributed by atoms with van der Waals surface area (Å²) < 4.78 is 0. The molecule has 1 aliphatic carbocycles. The fourth-order valence-corrected chi connectivity index (χ4v) is 6.01. The Bertz CT molecular complexity index is 942. The number of hydrogen-bond donors (Lipinski definition) is 4. The Morgan fingerprint density at radius 2 is 1.76 bits per heavy atom. The predicted molar refractivity (Wildman–Crippen MR) is 138 cm³/mol. The summed E-state index contributed by atoms with van der Waals surface area (Å²) in [5.41, 5.74) is 6.15. The molecule has 204 valence electrons. The predicted octanol–water partition coefficient (Wildman–Crippen LogP) is 2.46. The van der Waals surface area contributed by atoms with Gasteiger partial charge in [0.25, 0.3) is 0 Å². The number of hydrogen-bond acceptors (Lipinski definition) is 5. The van der Waals surface area contributed by atoms with Crippen LogP contribution in [0.2, 0.25) is 0 Å². The number of nitrogens with two attached hydrogens (primary N) is 1. The number of nitrogens with one attached hydrogen (secondary N) is 1. The number of benzene rings is 1. The molecule has 3 rings (SSSR count). The zero-order chi connectivity index (χ0) is 26.9. The molecular weight excluding hydrogens is 476 g/mol. The number of carbonyl (C=O) groups is 4. The molecule has 1 aromatic rings. The molecule has 5 N–H and O–H groups in total. The quantitative estimate of drug-likeness (QED) is 0.294. The van der Waals surface area contributed by atoms with Crippen LogP contribution in [-0.4, -0.2) is 81.6 Å². The topological polar surface area (TPSA) is 153 Å². The molecule has 3 amide bonds. The van der Waals surface area contributed by atoms with E-state index in [4.69, 9.17) is 5.73 Å². The zero-order valence-corrected chi connectivity index (χ0v) is 21.6. The number of aliphatic carboxylic acids is 2. The first-order chi connectivity index (χ1) is 17.7. The van der Waals surface area contributed by atoms with Crippen LogP contribution in [0.3, 0.4) is 0 Å². The minimum Gasteiger partial charge on any atom is -0.480 e. The molecule has 1 aliphatic heterocycles. The number of carboxylic acid groups (broad SMARTS) is 2. The number of unbranched alkanes of at least 4 members (excludes halogenated alkanes) is 1. The number of urea groups is 1. The van der Waals surface area contributed by atoms with E-state index in [-0.39, 0.29) is 17.9 Å². The fraction of sp³-hybridized carbons (Fsp3) is 0.630. The second-order valence-corrected chi connectivity index (χ2v) is 10.3. The summed E-state index contributed by atoms with van der Waals surface area (Å²) in [6, 6.07) is 6.27. The lowest BCUT2D eigenvalue weighted by molar-refractivity contribution is -0.155. The van der Waals surface area contributed by atoms with Crippen molar-refractivity contribution in [3.63, 3.8) is 0 Å². The van der Waals surface area contributed by atoms with Gasteiger partial charge in [0.05, 0.1) is 6.04 Å².